The maximum absolute atomic E-state index is 12.2. The lowest BCUT2D eigenvalue weighted by Crippen LogP contribution is -2.46. The van der Waals surface area contributed by atoms with Crippen molar-refractivity contribution in [2.75, 3.05) is 32.6 Å². The molecule has 1 aliphatic carbocycles. The SMILES string of the molecule is CCNC(=NCc1ccc(OCCOC)cc1)NC1CCCC(S(=O)CC)C1.I. The molecule has 1 aromatic rings. The average molecular weight is 538 g/mol. The minimum atomic E-state index is -0.712. The van der Waals surface area contributed by atoms with Gasteiger partial charge in [-0.2, -0.15) is 0 Å². The van der Waals surface area contributed by atoms with Crippen LogP contribution in [0.2, 0.25) is 0 Å². The van der Waals surface area contributed by atoms with Gasteiger partial charge in [-0.3, -0.25) is 4.21 Å². The van der Waals surface area contributed by atoms with Crippen molar-refractivity contribution in [1.29, 1.82) is 0 Å². The molecule has 0 amide bonds. The average Bonchev–Trinajstić information content (AvgIpc) is 2.73. The summed E-state index contributed by atoms with van der Waals surface area (Å²) in [5.41, 5.74) is 1.13. The summed E-state index contributed by atoms with van der Waals surface area (Å²) in [6.07, 6.45) is 4.26. The smallest absolute Gasteiger partial charge is 0.191 e. The number of rotatable bonds is 10. The second-order valence-electron chi connectivity index (χ2n) is 6.98. The van der Waals surface area contributed by atoms with Gasteiger partial charge in [0.15, 0.2) is 5.96 Å². The van der Waals surface area contributed by atoms with E-state index in [1.54, 1.807) is 7.11 Å². The molecular weight excluding hydrogens is 501 g/mol. The van der Waals surface area contributed by atoms with Gasteiger partial charge in [0.05, 0.1) is 13.2 Å². The molecule has 2 rings (SSSR count). The third-order valence-corrected chi connectivity index (χ3v) is 6.61. The van der Waals surface area contributed by atoms with Gasteiger partial charge in [0.2, 0.25) is 0 Å². The normalized spacial score (nSPS) is 20.4. The minimum Gasteiger partial charge on any atom is -0.491 e. The Kier molecular flexibility index (Phi) is 13.5. The summed E-state index contributed by atoms with van der Waals surface area (Å²) in [5, 5.41) is 7.19. The molecular formula is C21H36IN3O3S. The van der Waals surface area contributed by atoms with E-state index >= 15 is 0 Å². The lowest BCUT2D eigenvalue weighted by atomic mass is 9.95. The van der Waals surface area contributed by atoms with Crippen molar-refractivity contribution in [3.8, 4) is 5.75 Å². The molecule has 6 nitrogen and oxygen atoms in total. The summed E-state index contributed by atoms with van der Waals surface area (Å²) >= 11 is 0. The summed E-state index contributed by atoms with van der Waals surface area (Å²) in [5.74, 6) is 2.42. The van der Waals surface area contributed by atoms with Crippen molar-refractivity contribution >= 4 is 40.7 Å². The molecule has 0 aliphatic heterocycles. The Hall–Kier alpha value is -0.870. The Morgan fingerprint density at radius 1 is 1.21 bits per heavy atom. The van der Waals surface area contributed by atoms with E-state index in [0.717, 1.165) is 55.3 Å². The van der Waals surface area contributed by atoms with E-state index < -0.39 is 10.8 Å². The van der Waals surface area contributed by atoms with E-state index in [0.29, 0.717) is 31.1 Å². The number of hydrogen-bond donors (Lipinski definition) is 2. The first-order valence-electron chi connectivity index (χ1n) is 10.3. The molecule has 0 heterocycles. The Bertz CT molecular complexity index is 628. The fraction of sp³-hybridized carbons (Fsp3) is 0.667. The van der Waals surface area contributed by atoms with E-state index in [2.05, 4.69) is 17.6 Å². The van der Waals surface area contributed by atoms with Crippen LogP contribution in [0, 0.1) is 0 Å². The summed E-state index contributed by atoms with van der Waals surface area (Å²) in [7, 11) is 0.952. The fourth-order valence-electron chi connectivity index (χ4n) is 3.37. The van der Waals surface area contributed by atoms with E-state index in [4.69, 9.17) is 14.5 Å². The molecule has 0 spiro atoms. The zero-order valence-electron chi connectivity index (χ0n) is 17.8. The van der Waals surface area contributed by atoms with Crippen molar-refractivity contribution in [3.63, 3.8) is 0 Å². The molecule has 166 valence electrons. The van der Waals surface area contributed by atoms with Crippen LogP contribution in [0.5, 0.6) is 5.75 Å². The van der Waals surface area contributed by atoms with Crippen LogP contribution in [-0.4, -0.2) is 54.1 Å². The number of aliphatic imine (C=N–C) groups is 1. The van der Waals surface area contributed by atoms with Crippen LogP contribution in [0.3, 0.4) is 0 Å². The highest BCUT2D eigenvalue weighted by molar-refractivity contribution is 14.0. The van der Waals surface area contributed by atoms with E-state index in [1.807, 2.05) is 31.2 Å². The van der Waals surface area contributed by atoms with Crippen LogP contribution in [-0.2, 0) is 22.1 Å². The standard InChI is InChI=1S/C21H35N3O3S.HI/c1-4-22-21(24-18-7-6-8-20(15-18)28(25)5-2)23-16-17-9-11-19(12-10-17)27-14-13-26-3;/h9-12,18,20H,4-8,13-16H2,1-3H3,(H2,22,23,24);1H. The highest BCUT2D eigenvalue weighted by atomic mass is 127. The molecule has 29 heavy (non-hydrogen) atoms. The second-order valence-corrected chi connectivity index (χ2v) is 8.99. The van der Waals surface area contributed by atoms with Crippen molar-refractivity contribution in [2.24, 2.45) is 4.99 Å². The first kappa shape index (κ1) is 26.2. The van der Waals surface area contributed by atoms with Crippen molar-refractivity contribution in [1.82, 2.24) is 10.6 Å². The summed E-state index contributed by atoms with van der Waals surface area (Å²) in [6.45, 7) is 6.62. The van der Waals surface area contributed by atoms with Gasteiger partial charge in [0.1, 0.15) is 12.4 Å². The van der Waals surface area contributed by atoms with Gasteiger partial charge in [0.25, 0.3) is 0 Å². The number of halogens is 1. The van der Waals surface area contributed by atoms with E-state index in [1.165, 1.54) is 0 Å². The second kappa shape index (κ2) is 15.0. The number of methoxy groups -OCH3 is 1. The van der Waals surface area contributed by atoms with Gasteiger partial charge in [0, 0.05) is 41.5 Å². The molecule has 8 heteroatoms. The first-order chi connectivity index (χ1) is 13.7. The largest absolute Gasteiger partial charge is 0.491 e. The van der Waals surface area contributed by atoms with Crippen LogP contribution in [0.1, 0.15) is 45.1 Å². The van der Waals surface area contributed by atoms with Crippen LogP contribution in [0.4, 0.5) is 0 Å². The lowest BCUT2D eigenvalue weighted by Gasteiger charge is -2.30. The Morgan fingerprint density at radius 3 is 2.62 bits per heavy atom. The Morgan fingerprint density at radius 2 is 1.97 bits per heavy atom. The number of nitrogens with one attached hydrogen (secondary N) is 2. The van der Waals surface area contributed by atoms with Crippen molar-refractivity contribution in [2.45, 2.75) is 57.4 Å². The molecule has 0 bridgehead atoms. The van der Waals surface area contributed by atoms with Crippen LogP contribution in [0.15, 0.2) is 29.3 Å². The summed E-state index contributed by atoms with van der Waals surface area (Å²) in [4.78, 5) is 4.73. The van der Waals surface area contributed by atoms with Gasteiger partial charge in [-0.25, -0.2) is 4.99 Å². The maximum Gasteiger partial charge on any atom is 0.191 e. The number of guanidine groups is 1. The number of benzene rings is 1. The topological polar surface area (TPSA) is 72.0 Å². The highest BCUT2D eigenvalue weighted by Crippen LogP contribution is 2.23. The molecule has 1 fully saturated rings. The highest BCUT2D eigenvalue weighted by Gasteiger charge is 2.25. The quantitative estimate of drug-likeness (QED) is 0.207. The third-order valence-electron chi connectivity index (χ3n) is 4.87. The molecule has 3 atom stereocenters. The molecule has 2 N–H and O–H groups in total. The van der Waals surface area contributed by atoms with E-state index in [9.17, 15) is 4.21 Å². The van der Waals surface area contributed by atoms with E-state index in [-0.39, 0.29) is 24.0 Å². The number of hydrogen-bond acceptors (Lipinski definition) is 4. The molecule has 1 saturated carbocycles. The predicted molar refractivity (Wildman–Crippen MR) is 132 cm³/mol. The zero-order valence-corrected chi connectivity index (χ0v) is 21.0. The van der Waals surface area contributed by atoms with Gasteiger partial charge < -0.3 is 20.1 Å². The van der Waals surface area contributed by atoms with Gasteiger partial charge >= 0.3 is 0 Å². The van der Waals surface area contributed by atoms with Crippen LogP contribution in [0.25, 0.3) is 0 Å². The molecule has 0 saturated heterocycles. The van der Waals surface area contributed by atoms with Gasteiger partial charge in [-0.05, 0) is 43.9 Å². The van der Waals surface area contributed by atoms with Gasteiger partial charge in [-0.1, -0.05) is 25.5 Å². The Labute approximate surface area is 195 Å². The molecule has 0 radical (unpaired) electrons. The third kappa shape index (κ3) is 9.65. The molecule has 3 unspecified atom stereocenters. The molecule has 0 aromatic heterocycles. The lowest BCUT2D eigenvalue weighted by molar-refractivity contribution is 0.146. The number of nitrogens with zero attached hydrogens (tertiary/aromatic N) is 1. The van der Waals surface area contributed by atoms with Crippen molar-refractivity contribution < 1.29 is 13.7 Å². The molecule has 1 aromatic carbocycles. The molecule has 1 aliphatic rings. The van der Waals surface area contributed by atoms with Crippen LogP contribution < -0.4 is 15.4 Å². The van der Waals surface area contributed by atoms with Crippen molar-refractivity contribution in [3.05, 3.63) is 29.8 Å². The first-order valence-corrected chi connectivity index (χ1v) is 11.7. The summed E-state index contributed by atoms with van der Waals surface area (Å²) < 4.78 is 22.7. The summed E-state index contributed by atoms with van der Waals surface area (Å²) in [6, 6.07) is 8.34. The van der Waals surface area contributed by atoms with Crippen LogP contribution >= 0.6 is 24.0 Å². The minimum absolute atomic E-state index is 0. The Balaban J connectivity index is 0.00000420. The predicted octanol–water partition coefficient (Wildman–Crippen LogP) is 3.46. The maximum atomic E-state index is 12.2. The fourth-order valence-corrected chi connectivity index (χ4v) is 4.72. The zero-order chi connectivity index (χ0) is 20.2. The van der Waals surface area contributed by atoms with Gasteiger partial charge in [-0.15, -0.1) is 24.0 Å². The number of ether oxygens (including phenoxy) is 2. The monoisotopic (exact) mass is 537 g/mol.